The smallest absolute Gasteiger partial charge is 0.381 e. The molecule has 1 N–H and O–H groups in total. The Morgan fingerprint density at radius 3 is 2.74 bits per heavy atom. The molecule has 2 heterocycles. The monoisotopic (exact) mass is 448 g/mol. The van der Waals surface area contributed by atoms with Gasteiger partial charge in [0.2, 0.25) is 5.91 Å². The van der Waals surface area contributed by atoms with Gasteiger partial charge in [-0.05, 0) is 43.4 Å². The molecule has 2 fully saturated rings. The lowest BCUT2D eigenvalue weighted by Crippen LogP contribution is -2.52. The number of hydrogen-bond acceptors (Lipinski definition) is 3. The Kier molecular flexibility index (Phi) is 6.48. The van der Waals surface area contributed by atoms with Crippen LogP contribution in [-0.2, 0) is 15.1 Å². The van der Waals surface area contributed by atoms with Crippen LogP contribution in [0.1, 0.15) is 31.2 Å². The van der Waals surface area contributed by atoms with Gasteiger partial charge in [0.05, 0.1) is 12.5 Å². The Morgan fingerprint density at radius 1 is 1.33 bits per heavy atom. The number of ether oxygens (including phenoxy) is 1. The van der Waals surface area contributed by atoms with Crippen molar-refractivity contribution in [3.63, 3.8) is 0 Å². The van der Waals surface area contributed by atoms with Crippen molar-refractivity contribution in [1.29, 1.82) is 0 Å². The lowest BCUT2D eigenvalue weighted by Gasteiger charge is -2.40. The number of nitrogens with zero attached hydrogens (tertiary/aromatic N) is 1. The van der Waals surface area contributed by atoms with E-state index in [1.54, 1.807) is 0 Å². The summed E-state index contributed by atoms with van der Waals surface area (Å²) in [6, 6.07) is 7.91. The highest BCUT2D eigenvalue weighted by atomic mass is 79.9. The second kappa shape index (κ2) is 8.49. The van der Waals surface area contributed by atoms with E-state index in [1.807, 2.05) is 24.3 Å². The number of carbonyl (C=O) groups is 1. The van der Waals surface area contributed by atoms with Crippen LogP contribution in [0.25, 0.3) is 0 Å². The van der Waals surface area contributed by atoms with Gasteiger partial charge in [-0.3, -0.25) is 10.1 Å². The number of amides is 1. The summed E-state index contributed by atoms with van der Waals surface area (Å²) in [5.41, 5.74) is 0.650. The molecule has 8 heteroatoms. The molecule has 27 heavy (non-hydrogen) atoms. The van der Waals surface area contributed by atoms with Crippen molar-refractivity contribution < 1.29 is 22.7 Å². The van der Waals surface area contributed by atoms with E-state index in [0.29, 0.717) is 39.0 Å². The highest BCUT2D eigenvalue weighted by Crippen LogP contribution is 2.35. The molecule has 0 aromatic heterocycles. The highest BCUT2D eigenvalue weighted by Gasteiger charge is 2.43. The van der Waals surface area contributed by atoms with E-state index in [4.69, 9.17) is 4.74 Å². The van der Waals surface area contributed by atoms with Gasteiger partial charge in [-0.25, -0.2) is 0 Å². The first kappa shape index (κ1) is 20.6. The van der Waals surface area contributed by atoms with Gasteiger partial charge in [-0.2, -0.15) is 13.2 Å². The molecule has 150 valence electrons. The molecule has 0 aliphatic carbocycles. The molecule has 4 nitrogen and oxygen atoms in total. The van der Waals surface area contributed by atoms with Crippen LogP contribution >= 0.6 is 15.9 Å². The van der Waals surface area contributed by atoms with Crippen molar-refractivity contribution in [3.05, 3.63) is 34.3 Å². The van der Waals surface area contributed by atoms with E-state index in [9.17, 15) is 18.0 Å². The van der Waals surface area contributed by atoms with Crippen molar-refractivity contribution in [2.24, 2.45) is 5.92 Å². The molecule has 1 amide bonds. The molecule has 2 saturated heterocycles. The van der Waals surface area contributed by atoms with Crippen molar-refractivity contribution in [2.75, 3.05) is 32.8 Å². The normalized spacial score (nSPS) is 23.3. The van der Waals surface area contributed by atoms with Gasteiger partial charge in [-0.1, -0.05) is 28.1 Å². The lowest BCUT2D eigenvalue weighted by atomic mass is 9.82. The van der Waals surface area contributed by atoms with Gasteiger partial charge < -0.3 is 9.64 Å². The number of benzene rings is 1. The maximum atomic E-state index is 13.0. The molecule has 0 radical (unpaired) electrons. The van der Waals surface area contributed by atoms with Crippen molar-refractivity contribution >= 4 is 21.8 Å². The van der Waals surface area contributed by atoms with E-state index in [2.05, 4.69) is 21.2 Å². The molecule has 0 spiro atoms. The number of likely N-dealkylation sites (tertiary alicyclic amines) is 1. The lowest BCUT2D eigenvalue weighted by molar-refractivity contribution is -0.188. The van der Waals surface area contributed by atoms with Crippen LogP contribution in [0.15, 0.2) is 28.7 Å². The number of rotatable bonds is 4. The van der Waals surface area contributed by atoms with Crippen molar-refractivity contribution in [2.45, 2.75) is 37.4 Å². The number of halogens is 4. The third-order valence-corrected chi connectivity index (χ3v) is 6.03. The van der Waals surface area contributed by atoms with Crippen LogP contribution in [0.5, 0.6) is 0 Å². The Balaban J connectivity index is 1.68. The van der Waals surface area contributed by atoms with Crippen LogP contribution < -0.4 is 5.32 Å². The number of carbonyl (C=O) groups excluding carboxylic acids is 1. The Hall–Kier alpha value is -1.12. The fourth-order valence-corrected chi connectivity index (χ4v) is 4.30. The van der Waals surface area contributed by atoms with Gasteiger partial charge in [0, 0.05) is 36.3 Å². The second-order valence-corrected chi connectivity index (χ2v) is 8.19. The zero-order chi connectivity index (χ0) is 19.5. The summed E-state index contributed by atoms with van der Waals surface area (Å²) >= 11 is 3.48. The van der Waals surface area contributed by atoms with Gasteiger partial charge in [-0.15, -0.1) is 0 Å². The summed E-state index contributed by atoms with van der Waals surface area (Å²) in [5.74, 6) is -1.69. The molecule has 1 atom stereocenters. The maximum absolute atomic E-state index is 13.0. The molecule has 2 aliphatic rings. The van der Waals surface area contributed by atoms with Crippen LogP contribution in [0.4, 0.5) is 13.2 Å². The first-order valence-corrected chi connectivity index (χ1v) is 10.0. The van der Waals surface area contributed by atoms with Crippen molar-refractivity contribution in [1.82, 2.24) is 10.2 Å². The molecule has 0 bridgehead atoms. The third kappa shape index (κ3) is 5.03. The minimum Gasteiger partial charge on any atom is -0.381 e. The molecule has 2 aliphatic heterocycles. The zero-order valence-corrected chi connectivity index (χ0v) is 16.6. The molecule has 3 rings (SSSR count). The maximum Gasteiger partial charge on any atom is 0.393 e. The van der Waals surface area contributed by atoms with Crippen LogP contribution in [0, 0.1) is 5.92 Å². The molecular weight excluding hydrogens is 425 g/mol. The summed E-state index contributed by atoms with van der Waals surface area (Å²) in [7, 11) is 0. The van der Waals surface area contributed by atoms with Crippen LogP contribution in [-0.4, -0.2) is 49.8 Å². The van der Waals surface area contributed by atoms with Gasteiger partial charge >= 0.3 is 6.18 Å². The molecule has 1 aromatic carbocycles. The standard InChI is InChI=1S/C19H24BrF3N2O2/c20-16-5-1-3-14(11-16)18(6-9-27-10-7-18)24-12-17(26)25-8-2-4-15(13-25)19(21,22)23/h1,3,5,11,15,24H,2,4,6-10,12-13H2/t15-/m1/s1. The topological polar surface area (TPSA) is 41.6 Å². The minimum absolute atomic E-state index is 0.0249. The first-order valence-electron chi connectivity index (χ1n) is 9.23. The minimum atomic E-state index is -4.25. The van der Waals surface area contributed by atoms with E-state index < -0.39 is 17.6 Å². The Bertz CT molecular complexity index is 663. The quantitative estimate of drug-likeness (QED) is 0.760. The number of alkyl halides is 3. The fraction of sp³-hybridized carbons (Fsp3) is 0.632. The van der Waals surface area contributed by atoms with E-state index >= 15 is 0 Å². The van der Waals surface area contributed by atoms with E-state index in [0.717, 1.165) is 10.0 Å². The number of nitrogens with one attached hydrogen (secondary N) is 1. The number of hydrogen-bond donors (Lipinski definition) is 1. The van der Waals surface area contributed by atoms with E-state index in [-0.39, 0.29) is 25.4 Å². The average Bonchev–Trinajstić information content (AvgIpc) is 2.66. The SMILES string of the molecule is O=C(CNC1(c2cccc(Br)c2)CCOCC1)N1CCC[C@@H](C(F)(F)F)C1. The summed E-state index contributed by atoms with van der Waals surface area (Å²) in [4.78, 5) is 14.0. The largest absolute Gasteiger partial charge is 0.393 e. The van der Waals surface area contributed by atoms with E-state index in [1.165, 1.54) is 4.90 Å². The average molecular weight is 449 g/mol. The van der Waals surface area contributed by atoms with Gasteiger partial charge in [0.1, 0.15) is 0 Å². The van der Waals surface area contributed by atoms with Gasteiger partial charge in [0.25, 0.3) is 0 Å². The molecule has 1 aromatic rings. The summed E-state index contributed by atoms with van der Waals surface area (Å²) in [6.45, 7) is 1.33. The molecule has 0 unspecified atom stereocenters. The summed E-state index contributed by atoms with van der Waals surface area (Å²) < 4.78 is 45.4. The Morgan fingerprint density at radius 2 is 2.07 bits per heavy atom. The molecule has 0 saturated carbocycles. The number of piperidine rings is 1. The first-order chi connectivity index (χ1) is 12.8. The Labute approximate surface area is 165 Å². The highest BCUT2D eigenvalue weighted by molar-refractivity contribution is 9.10. The van der Waals surface area contributed by atoms with Crippen molar-refractivity contribution in [3.8, 4) is 0 Å². The molecular formula is C19H24BrF3N2O2. The fourth-order valence-electron chi connectivity index (χ4n) is 3.90. The third-order valence-electron chi connectivity index (χ3n) is 5.54. The zero-order valence-electron chi connectivity index (χ0n) is 15.0. The predicted octanol–water partition coefficient (Wildman–Crippen LogP) is 3.85. The summed E-state index contributed by atoms with van der Waals surface area (Å²) in [6.07, 6.45) is -2.34. The van der Waals surface area contributed by atoms with Gasteiger partial charge in [0.15, 0.2) is 0 Å². The second-order valence-electron chi connectivity index (χ2n) is 7.28. The summed E-state index contributed by atoms with van der Waals surface area (Å²) in [5, 5.41) is 3.36. The predicted molar refractivity (Wildman–Crippen MR) is 99.2 cm³/mol. The van der Waals surface area contributed by atoms with Crippen LogP contribution in [0.3, 0.4) is 0 Å². The van der Waals surface area contributed by atoms with Crippen LogP contribution in [0.2, 0.25) is 0 Å².